The molecule has 10 heteroatoms. The first-order valence-electron chi connectivity index (χ1n) is 13.5. The molecule has 1 aromatic carbocycles. The fourth-order valence-corrected chi connectivity index (χ4v) is 4.08. The maximum Gasteiger partial charge on any atom is 0.328 e. The number of hydrogen-bond donors (Lipinski definition) is 3. The zero-order valence-corrected chi connectivity index (χ0v) is 25.8. The minimum atomic E-state index is -0.891. The molecule has 3 amide bonds. The Hall–Kier alpha value is -2.65. The van der Waals surface area contributed by atoms with E-state index < -0.39 is 36.0 Å². The molecule has 0 aliphatic rings. The lowest BCUT2D eigenvalue weighted by molar-refractivity contribution is -0.150. The van der Waals surface area contributed by atoms with Crippen LogP contribution in [-0.4, -0.2) is 66.9 Å². The molecule has 0 saturated heterocycles. The van der Waals surface area contributed by atoms with Crippen molar-refractivity contribution in [2.45, 2.75) is 92.1 Å². The Labute approximate surface area is 240 Å². The molecule has 1 rings (SSSR count). The summed E-state index contributed by atoms with van der Waals surface area (Å²) in [6.07, 6.45) is 1.03. The number of nitrogens with one attached hydrogen (secondary N) is 3. The van der Waals surface area contributed by atoms with Gasteiger partial charge in [-0.2, -0.15) is 0 Å². The Balaban J connectivity index is 0.0000144. The molecule has 0 spiro atoms. The van der Waals surface area contributed by atoms with E-state index in [1.807, 2.05) is 71.9 Å². The number of carbonyl (C=O) groups excluding carboxylic acids is 4. The SMILES string of the molecule is CN[C@@H](CC(C)C)C(=O)N[C@H](C(=O)N(C)[C@@H](CC(C)C)C(=O)N[C@@H](C)C(=O)OCc1ccccc1)C(C)C.Cl. The maximum absolute atomic E-state index is 13.6. The molecule has 4 atom stereocenters. The number of nitrogens with zero attached hydrogens (tertiary/aromatic N) is 1. The second-order valence-corrected chi connectivity index (χ2v) is 11.1. The number of amides is 3. The number of esters is 1. The first kappa shape index (κ1) is 36.4. The van der Waals surface area contributed by atoms with E-state index in [4.69, 9.17) is 4.74 Å². The lowest BCUT2D eigenvalue weighted by Gasteiger charge is -2.34. The van der Waals surface area contributed by atoms with Crippen LogP contribution in [0.4, 0.5) is 0 Å². The van der Waals surface area contributed by atoms with Crippen LogP contribution in [0, 0.1) is 17.8 Å². The van der Waals surface area contributed by atoms with Gasteiger partial charge in [-0.25, -0.2) is 4.79 Å². The molecule has 0 aliphatic heterocycles. The highest BCUT2D eigenvalue weighted by Gasteiger charge is 2.35. The number of likely N-dealkylation sites (N-methyl/N-ethyl adjacent to an activating group) is 2. The largest absolute Gasteiger partial charge is 0.459 e. The van der Waals surface area contributed by atoms with Gasteiger partial charge in [-0.15, -0.1) is 12.4 Å². The number of halogens is 1. The Bertz CT molecular complexity index is 910. The number of ether oxygens (including phenoxy) is 1. The van der Waals surface area contributed by atoms with Crippen molar-refractivity contribution in [1.82, 2.24) is 20.9 Å². The maximum atomic E-state index is 13.6. The summed E-state index contributed by atoms with van der Waals surface area (Å²) in [5.74, 6) is -1.40. The fraction of sp³-hybridized carbons (Fsp3) is 0.655. The average molecular weight is 569 g/mol. The molecule has 222 valence electrons. The van der Waals surface area contributed by atoms with Crippen LogP contribution in [0.2, 0.25) is 0 Å². The highest BCUT2D eigenvalue weighted by atomic mass is 35.5. The van der Waals surface area contributed by atoms with Gasteiger partial charge in [-0.1, -0.05) is 71.9 Å². The average Bonchev–Trinajstić information content (AvgIpc) is 2.86. The Morgan fingerprint density at radius 2 is 1.41 bits per heavy atom. The predicted octanol–water partition coefficient (Wildman–Crippen LogP) is 3.30. The molecule has 0 fully saturated rings. The molecule has 0 saturated carbocycles. The minimum Gasteiger partial charge on any atom is -0.459 e. The Kier molecular flexibility index (Phi) is 16.6. The van der Waals surface area contributed by atoms with Crippen LogP contribution >= 0.6 is 12.4 Å². The van der Waals surface area contributed by atoms with Gasteiger partial charge >= 0.3 is 5.97 Å². The van der Waals surface area contributed by atoms with E-state index in [0.717, 1.165) is 5.56 Å². The lowest BCUT2D eigenvalue weighted by atomic mass is 9.97. The van der Waals surface area contributed by atoms with Crippen molar-refractivity contribution >= 4 is 36.1 Å². The molecule has 9 nitrogen and oxygen atoms in total. The highest BCUT2D eigenvalue weighted by Crippen LogP contribution is 2.16. The first-order chi connectivity index (χ1) is 17.8. The summed E-state index contributed by atoms with van der Waals surface area (Å²) in [4.78, 5) is 53.7. The molecule has 1 aromatic rings. The van der Waals surface area contributed by atoms with Crippen molar-refractivity contribution in [1.29, 1.82) is 0 Å². The summed E-state index contributed by atoms with van der Waals surface area (Å²) in [6, 6.07) is 6.35. The molecular formula is C29H49ClN4O5. The summed E-state index contributed by atoms with van der Waals surface area (Å²) in [6.45, 7) is 13.4. The Morgan fingerprint density at radius 1 is 0.846 bits per heavy atom. The van der Waals surface area contributed by atoms with Crippen molar-refractivity contribution < 1.29 is 23.9 Å². The van der Waals surface area contributed by atoms with Gasteiger partial charge in [0, 0.05) is 7.05 Å². The summed E-state index contributed by atoms with van der Waals surface area (Å²) in [5.41, 5.74) is 0.845. The van der Waals surface area contributed by atoms with Gasteiger partial charge in [0.1, 0.15) is 24.7 Å². The van der Waals surface area contributed by atoms with Gasteiger partial charge in [-0.3, -0.25) is 14.4 Å². The molecule has 0 unspecified atom stereocenters. The zero-order chi connectivity index (χ0) is 29.0. The fourth-order valence-electron chi connectivity index (χ4n) is 4.08. The smallest absolute Gasteiger partial charge is 0.328 e. The van der Waals surface area contributed by atoms with Crippen LogP contribution < -0.4 is 16.0 Å². The van der Waals surface area contributed by atoms with Crippen LogP contribution in [0.1, 0.15) is 66.9 Å². The summed E-state index contributed by atoms with van der Waals surface area (Å²) in [5, 5.41) is 8.62. The van der Waals surface area contributed by atoms with Gasteiger partial charge in [0.2, 0.25) is 17.7 Å². The highest BCUT2D eigenvalue weighted by molar-refractivity contribution is 5.94. The van der Waals surface area contributed by atoms with Crippen molar-refractivity contribution in [3.8, 4) is 0 Å². The van der Waals surface area contributed by atoms with Crippen molar-refractivity contribution in [3.63, 3.8) is 0 Å². The number of carbonyl (C=O) groups is 4. The van der Waals surface area contributed by atoms with E-state index in [0.29, 0.717) is 18.8 Å². The molecule has 0 aromatic heterocycles. The molecule has 3 N–H and O–H groups in total. The second kappa shape index (κ2) is 17.8. The van der Waals surface area contributed by atoms with E-state index in [2.05, 4.69) is 16.0 Å². The van der Waals surface area contributed by atoms with Crippen LogP contribution in [0.15, 0.2) is 30.3 Å². The number of hydrogen-bond acceptors (Lipinski definition) is 6. The molecule has 0 heterocycles. The van der Waals surface area contributed by atoms with Crippen LogP contribution in [-0.2, 0) is 30.5 Å². The minimum absolute atomic E-state index is 0. The third-order valence-corrected chi connectivity index (χ3v) is 6.35. The third kappa shape index (κ3) is 12.4. The topological polar surface area (TPSA) is 117 Å². The summed E-state index contributed by atoms with van der Waals surface area (Å²) < 4.78 is 5.35. The van der Waals surface area contributed by atoms with Gasteiger partial charge in [0.05, 0.1) is 6.04 Å². The quantitative estimate of drug-likeness (QED) is 0.280. The molecule has 0 aliphatic carbocycles. The van der Waals surface area contributed by atoms with E-state index in [1.165, 1.54) is 4.90 Å². The number of benzene rings is 1. The number of rotatable bonds is 15. The van der Waals surface area contributed by atoms with E-state index >= 15 is 0 Å². The van der Waals surface area contributed by atoms with Crippen molar-refractivity contribution in [2.24, 2.45) is 17.8 Å². The van der Waals surface area contributed by atoms with E-state index in [1.54, 1.807) is 21.0 Å². The molecule has 39 heavy (non-hydrogen) atoms. The third-order valence-electron chi connectivity index (χ3n) is 6.35. The van der Waals surface area contributed by atoms with Crippen molar-refractivity contribution in [2.75, 3.05) is 14.1 Å². The summed E-state index contributed by atoms with van der Waals surface area (Å²) >= 11 is 0. The predicted molar refractivity (Wildman–Crippen MR) is 156 cm³/mol. The van der Waals surface area contributed by atoms with Gasteiger partial charge < -0.3 is 25.6 Å². The molecule has 0 bridgehead atoms. The zero-order valence-electron chi connectivity index (χ0n) is 24.9. The second-order valence-electron chi connectivity index (χ2n) is 11.1. The summed E-state index contributed by atoms with van der Waals surface area (Å²) in [7, 11) is 3.29. The van der Waals surface area contributed by atoms with E-state index in [9.17, 15) is 19.2 Å². The van der Waals surface area contributed by atoms with E-state index in [-0.39, 0.29) is 42.7 Å². The van der Waals surface area contributed by atoms with Gasteiger partial charge in [0.15, 0.2) is 0 Å². The Morgan fingerprint density at radius 3 is 1.90 bits per heavy atom. The lowest BCUT2D eigenvalue weighted by Crippen LogP contribution is -2.59. The normalized spacial score (nSPS) is 14.2. The first-order valence-corrected chi connectivity index (χ1v) is 13.5. The standard InChI is InChI=1S/C29H48N4O5.ClH/c1-18(2)15-23(30-8)26(34)32-25(20(5)6)28(36)33(9)24(16-19(3)4)27(35)31-21(7)29(37)38-17-22-13-11-10-12-14-22;/h10-14,18-21,23-25,30H,15-17H2,1-9H3,(H,31,35)(H,32,34);1H/t21-,23-,24-,25-;/m0./s1. The monoisotopic (exact) mass is 568 g/mol. The van der Waals surface area contributed by atoms with Crippen molar-refractivity contribution in [3.05, 3.63) is 35.9 Å². The molecule has 0 radical (unpaired) electrons. The van der Waals surface area contributed by atoms with Crippen LogP contribution in [0.3, 0.4) is 0 Å². The van der Waals surface area contributed by atoms with Gasteiger partial charge in [-0.05, 0) is 50.1 Å². The van der Waals surface area contributed by atoms with Crippen LogP contribution in [0.5, 0.6) is 0 Å². The molecular weight excluding hydrogens is 520 g/mol. The van der Waals surface area contributed by atoms with Gasteiger partial charge in [0.25, 0.3) is 0 Å². The van der Waals surface area contributed by atoms with Crippen LogP contribution in [0.25, 0.3) is 0 Å².